The van der Waals surface area contributed by atoms with Crippen molar-refractivity contribution in [2.75, 3.05) is 26.2 Å². The molecular weight excluding hydrogens is 304 g/mol. The Morgan fingerprint density at radius 1 is 0.773 bits per heavy atom. The Morgan fingerprint density at radius 3 is 1.09 bits per heavy atom. The Balaban J connectivity index is -0.000000104. The largest absolute Gasteiger partial charge is 0.548 e. The summed E-state index contributed by atoms with van der Waals surface area (Å²) in [6, 6.07) is 0. The second kappa shape index (κ2) is 23.8. The van der Waals surface area contributed by atoms with E-state index in [1.54, 1.807) is 10.6 Å². The third-order valence-corrected chi connectivity index (χ3v) is 0.993. The SMILES string of the molecule is CC[NH3+].CC[NH3+].O.O.O=C([O-])CNC(=O)C(=O)NCC(=O)[O-]. The zero-order chi connectivity index (χ0) is 16.6. The van der Waals surface area contributed by atoms with Crippen LogP contribution in [0, 0.1) is 0 Å². The first kappa shape index (κ1) is 31.9. The topological polar surface area (TPSA) is 257 Å². The summed E-state index contributed by atoms with van der Waals surface area (Å²) in [4.78, 5) is 40.9. The van der Waals surface area contributed by atoms with Gasteiger partial charge in [0.05, 0.1) is 38.1 Å². The fourth-order valence-corrected chi connectivity index (χ4v) is 0.465. The van der Waals surface area contributed by atoms with Crippen molar-refractivity contribution in [3.8, 4) is 0 Å². The molecule has 0 aliphatic heterocycles. The van der Waals surface area contributed by atoms with Gasteiger partial charge in [0.25, 0.3) is 0 Å². The van der Waals surface area contributed by atoms with Crippen molar-refractivity contribution in [1.82, 2.24) is 10.6 Å². The number of carboxylic acids is 2. The number of amides is 2. The van der Waals surface area contributed by atoms with Crippen LogP contribution in [-0.4, -0.2) is 60.9 Å². The van der Waals surface area contributed by atoms with Crippen LogP contribution < -0.4 is 32.3 Å². The molecule has 0 saturated carbocycles. The number of carbonyl (C=O) groups excluding carboxylic acids is 4. The third-order valence-electron chi connectivity index (χ3n) is 0.993. The number of carboxylic acid groups (broad SMARTS) is 2. The smallest absolute Gasteiger partial charge is 0.309 e. The Hall–Kier alpha value is -2.28. The number of carbonyl (C=O) groups is 4. The van der Waals surface area contributed by atoms with E-state index in [0.29, 0.717) is 0 Å². The van der Waals surface area contributed by atoms with E-state index in [4.69, 9.17) is 0 Å². The van der Waals surface area contributed by atoms with Crippen molar-refractivity contribution in [3.63, 3.8) is 0 Å². The van der Waals surface area contributed by atoms with Gasteiger partial charge in [-0.2, -0.15) is 0 Å². The first-order valence-corrected chi connectivity index (χ1v) is 5.80. The minimum Gasteiger partial charge on any atom is -0.548 e. The average Bonchev–Trinajstić information content (AvgIpc) is 2.34. The van der Waals surface area contributed by atoms with Crippen LogP contribution in [-0.2, 0) is 19.2 Å². The summed E-state index contributed by atoms with van der Waals surface area (Å²) < 4.78 is 0. The van der Waals surface area contributed by atoms with Crippen LogP contribution in [0.1, 0.15) is 13.8 Å². The average molecular weight is 330 g/mol. The Kier molecular flexibility index (Phi) is 34.5. The first-order chi connectivity index (χ1) is 9.26. The lowest BCUT2D eigenvalue weighted by Gasteiger charge is -2.06. The van der Waals surface area contributed by atoms with E-state index in [0.717, 1.165) is 13.1 Å². The zero-order valence-corrected chi connectivity index (χ0v) is 12.7. The van der Waals surface area contributed by atoms with Gasteiger partial charge in [-0.05, 0) is 13.8 Å². The van der Waals surface area contributed by atoms with Gasteiger partial charge in [-0.25, -0.2) is 0 Å². The van der Waals surface area contributed by atoms with Crippen LogP contribution in [0.2, 0.25) is 0 Å². The summed E-state index contributed by atoms with van der Waals surface area (Å²) in [7, 11) is 0. The van der Waals surface area contributed by atoms with Crippen LogP contribution in [0.15, 0.2) is 0 Å². The molecule has 0 fully saturated rings. The molecule has 0 unspecified atom stereocenters. The number of nitrogens with one attached hydrogen (secondary N) is 2. The quantitative estimate of drug-likeness (QED) is 0.363. The van der Waals surface area contributed by atoms with Crippen molar-refractivity contribution in [1.29, 1.82) is 0 Å². The molecule has 12 nitrogen and oxygen atoms in total. The number of rotatable bonds is 4. The molecule has 0 rings (SSSR count). The van der Waals surface area contributed by atoms with Gasteiger partial charge in [-0.15, -0.1) is 0 Å². The maximum absolute atomic E-state index is 10.6. The first-order valence-electron chi connectivity index (χ1n) is 5.80. The summed E-state index contributed by atoms with van der Waals surface area (Å²) in [5.41, 5.74) is 6.97. The van der Waals surface area contributed by atoms with E-state index >= 15 is 0 Å². The van der Waals surface area contributed by atoms with Crippen LogP contribution in [0.5, 0.6) is 0 Å². The minimum atomic E-state index is -1.56. The van der Waals surface area contributed by atoms with Gasteiger partial charge in [-0.1, -0.05) is 0 Å². The molecule has 12 heteroatoms. The predicted octanol–water partition coefficient (Wildman–Crippen LogP) is -8.43. The molecule has 0 aromatic heterocycles. The molecular formula is C10H26N4O8. The lowest BCUT2D eigenvalue weighted by atomic mass is 10.5. The number of hydrogen-bond acceptors (Lipinski definition) is 6. The van der Waals surface area contributed by atoms with E-state index in [1.807, 2.05) is 13.8 Å². The molecule has 0 heterocycles. The van der Waals surface area contributed by atoms with Crippen molar-refractivity contribution >= 4 is 23.8 Å². The van der Waals surface area contributed by atoms with Crippen LogP contribution in [0.25, 0.3) is 0 Å². The standard InChI is InChI=1S/C6H8N2O6.2C2H7N.2H2O/c9-3(10)1-7-5(13)6(14)8-2-4(11)12;2*1-2-3;;/h1-2H2,(H,7,13)(H,8,14)(H,9,10)(H,11,12);2*2-3H2,1H3;2*1H2. The van der Waals surface area contributed by atoms with E-state index < -0.39 is 36.8 Å². The molecule has 0 saturated heterocycles. The number of quaternary nitrogens is 2. The van der Waals surface area contributed by atoms with Gasteiger partial charge in [0.15, 0.2) is 0 Å². The fraction of sp³-hybridized carbons (Fsp3) is 0.600. The second-order valence-electron chi connectivity index (χ2n) is 3.11. The predicted molar refractivity (Wildman–Crippen MR) is 70.1 cm³/mol. The molecule has 0 aliphatic carbocycles. The van der Waals surface area contributed by atoms with Gasteiger partial charge in [0, 0.05) is 0 Å². The highest BCUT2D eigenvalue weighted by Crippen LogP contribution is 1.68. The number of aliphatic carboxylic acids is 2. The lowest BCUT2D eigenvalue weighted by Crippen LogP contribution is -2.48. The molecule has 134 valence electrons. The van der Waals surface area contributed by atoms with E-state index in [1.165, 1.54) is 0 Å². The normalized spacial score (nSPS) is 7.27. The molecule has 0 bridgehead atoms. The minimum absolute atomic E-state index is 0. The molecule has 0 radical (unpaired) electrons. The highest BCUT2D eigenvalue weighted by atomic mass is 16.4. The maximum Gasteiger partial charge on any atom is 0.309 e. The van der Waals surface area contributed by atoms with Gasteiger partial charge >= 0.3 is 11.8 Å². The molecule has 0 aromatic rings. The van der Waals surface area contributed by atoms with Crippen molar-refractivity contribution in [2.24, 2.45) is 0 Å². The van der Waals surface area contributed by atoms with Crippen molar-refractivity contribution in [2.45, 2.75) is 13.8 Å². The summed E-state index contributed by atoms with van der Waals surface area (Å²) in [5, 5.41) is 23.0. The van der Waals surface area contributed by atoms with Gasteiger partial charge < -0.3 is 52.9 Å². The summed E-state index contributed by atoms with van der Waals surface area (Å²) in [6.45, 7) is 4.38. The Labute approximate surface area is 127 Å². The van der Waals surface area contributed by atoms with Crippen LogP contribution >= 0.6 is 0 Å². The zero-order valence-electron chi connectivity index (χ0n) is 12.7. The molecule has 0 aromatic carbocycles. The number of hydrogen-bond donors (Lipinski definition) is 4. The van der Waals surface area contributed by atoms with Crippen molar-refractivity contribution in [3.05, 3.63) is 0 Å². The summed E-state index contributed by atoms with van der Waals surface area (Å²) in [5.74, 6) is -5.64. The Morgan fingerprint density at radius 2 is 0.955 bits per heavy atom. The highest BCUT2D eigenvalue weighted by Gasteiger charge is 2.11. The molecule has 12 N–H and O–H groups in total. The monoisotopic (exact) mass is 330 g/mol. The van der Waals surface area contributed by atoms with E-state index in [9.17, 15) is 29.4 Å². The summed E-state index contributed by atoms with van der Waals surface area (Å²) >= 11 is 0. The Bertz CT molecular complexity index is 281. The highest BCUT2D eigenvalue weighted by molar-refractivity contribution is 6.35. The van der Waals surface area contributed by atoms with Crippen LogP contribution in [0.3, 0.4) is 0 Å². The molecule has 0 aliphatic rings. The van der Waals surface area contributed by atoms with Gasteiger partial charge in [0.2, 0.25) is 0 Å². The third kappa shape index (κ3) is 36.1. The molecule has 0 atom stereocenters. The molecule has 2 amide bonds. The van der Waals surface area contributed by atoms with Gasteiger partial charge in [-0.3, -0.25) is 9.59 Å². The molecule has 22 heavy (non-hydrogen) atoms. The maximum atomic E-state index is 10.6. The summed E-state index contributed by atoms with van der Waals surface area (Å²) in [6.07, 6.45) is 0. The van der Waals surface area contributed by atoms with Crippen LogP contribution in [0.4, 0.5) is 0 Å². The van der Waals surface area contributed by atoms with Crippen molar-refractivity contribution < 1.29 is 51.8 Å². The second-order valence-corrected chi connectivity index (χ2v) is 3.11. The van der Waals surface area contributed by atoms with E-state index in [-0.39, 0.29) is 11.0 Å². The lowest BCUT2D eigenvalue weighted by molar-refractivity contribution is -0.362. The van der Waals surface area contributed by atoms with E-state index in [2.05, 4.69) is 11.5 Å². The fourth-order valence-electron chi connectivity index (χ4n) is 0.465. The van der Waals surface area contributed by atoms with Gasteiger partial charge in [0.1, 0.15) is 0 Å². The molecule has 0 spiro atoms.